The second-order valence-corrected chi connectivity index (χ2v) is 7.02. The SMILES string of the molecule is Cc1cncc2ncn(CCCSc3ccc(Cl)cc3Cl)c12. The molecule has 0 N–H and O–H groups in total. The van der Waals surface area contributed by atoms with Crippen molar-refractivity contribution in [2.75, 3.05) is 5.75 Å². The van der Waals surface area contributed by atoms with Gasteiger partial charge in [0.25, 0.3) is 0 Å². The third kappa shape index (κ3) is 3.40. The first-order chi connectivity index (χ1) is 10.6. The zero-order valence-corrected chi connectivity index (χ0v) is 14.4. The van der Waals surface area contributed by atoms with E-state index in [1.165, 1.54) is 5.52 Å². The van der Waals surface area contributed by atoms with Crippen LogP contribution in [-0.4, -0.2) is 20.3 Å². The Bertz CT molecular complexity index is 801. The molecule has 0 saturated heterocycles. The lowest BCUT2D eigenvalue weighted by molar-refractivity contribution is 0.701. The summed E-state index contributed by atoms with van der Waals surface area (Å²) < 4.78 is 2.19. The second-order valence-electron chi connectivity index (χ2n) is 5.04. The summed E-state index contributed by atoms with van der Waals surface area (Å²) in [5, 5.41) is 1.39. The third-order valence-corrected chi connectivity index (χ3v) is 5.22. The summed E-state index contributed by atoms with van der Waals surface area (Å²) in [5.41, 5.74) is 3.28. The molecule has 3 nitrogen and oxygen atoms in total. The molecule has 0 radical (unpaired) electrons. The standard InChI is InChI=1S/C16H15Cl2N3S/c1-11-8-19-9-14-16(11)21(10-20-14)5-2-6-22-15-4-3-12(17)7-13(15)18/h3-4,7-10H,2,5-6H2,1H3. The number of halogens is 2. The summed E-state index contributed by atoms with van der Waals surface area (Å²) in [7, 11) is 0. The molecule has 0 amide bonds. The Morgan fingerprint density at radius 3 is 2.91 bits per heavy atom. The van der Waals surface area contributed by atoms with Crippen molar-refractivity contribution in [2.24, 2.45) is 0 Å². The van der Waals surface area contributed by atoms with Gasteiger partial charge in [0.15, 0.2) is 0 Å². The number of thioether (sulfide) groups is 1. The van der Waals surface area contributed by atoms with Crippen LogP contribution in [0.3, 0.4) is 0 Å². The van der Waals surface area contributed by atoms with Crippen molar-refractivity contribution < 1.29 is 0 Å². The van der Waals surface area contributed by atoms with E-state index in [1.807, 2.05) is 24.7 Å². The van der Waals surface area contributed by atoms with Crippen molar-refractivity contribution >= 4 is 46.0 Å². The molecule has 0 saturated carbocycles. The molecule has 2 heterocycles. The van der Waals surface area contributed by atoms with Crippen LogP contribution in [0, 0.1) is 6.92 Å². The van der Waals surface area contributed by atoms with Crippen LogP contribution in [0.4, 0.5) is 0 Å². The maximum Gasteiger partial charge on any atom is 0.107 e. The number of benzene rings is 1. The average Bonchev–Trinajstić information content (AvgIpc) is 2.90. The quantitative estimate of drug-likeness (QED) is 0.465. The lowest BCUT2D eigenvalue weighted by Gasteiger charge is -2.07. The molecule has 3 aromatic rings. The van der Waals surface area contributed by atoms with Crippen molar-refractivity contribution in [3.05, 3.63) is 52.5 Å². The molecule has 2 aromatic heterocycles. The van der Waals surface area contributed by atoms with Gasteiger partial charge in [0.05, 0.1) is 23.1 Å². The highest BCUT2D eigenvalue weighted by atomic mass is 35.5. The van der Waals surface area contributed by atoms with E-state index < -0.39 is 0 Å². The molecule has 114 valence electrons. The molecule has 0 aliphatic carbocycles. The topological polar surface area (TPSA) is 30.7 Å². The Balaban J connectivity index is 1.61. The van der Waals surface area contributed by atoms with E-state index in [0.29, 0.717) is 10.0 Å². The fraction of sp³-hybridized carbons (Fsp3) is 0.250. The lowest BCUT2D eigenvalue weighted by atomic mass is 10.2. The van der Waals surface area contributed by atoms with E-state index in [-0.39, 0.29) is 0 Å². The summed E-state index contributed by atoms with van der Waals surface area (Å²) in [6.45, 7) is 3.00. The number of hydrogen-bond donors (Lipinski definition) is 0. The van der Waals surface area contributed by atoms with Gasteiger partial charge in [-0.2, -0.15) is 0 Å². The van der Waals surface area contributed by atoms with Crippen molar-refractivity contribution in [3.8, 4) is 0 Å². The third-order valence-electron chi connectivity index (χ3n) is 3.40. The molecule has 0 atom stereocenters. The number of pyridine rings is 1. The molecule has 3 rings (SSSR count). The summed E-state index contributed by atoms with van der Waals surface area (Å²) in [6.07, 6.45) is 6.61. The minimum absolute atomic E-state index is 0.670. The Kier molecular flexibility index (Phi) is 4.91. The predicted octanol–water partition coefficient (Wildman–Crippen LogP) is 5.23. The predicted molar refractivity (Wildman–Crippen MR) is 94.1 cm³/mol. The minimum Gasteiger partial charge on any atom is -0.330 e. The highest BCUT2D eigenvalue weighted by Gasteiger charge is 2.06. The van der Waals surface area contributed by atoms with Crippen LogP contribution in [0.25, 0.3) is 11.0 Å². The molecule has 6 heteroatoms. The maximum atomic E-state index is 6.18. The first-order valence-corrected chi connectivity index (χ1v) is 8.72. The van der Waals surface area contributed by atoms with Gasteiger partial charge in [-0.1, -0.05) is 23.2 Å². The zero-order valence-electron chi connectivity index (χ0n) is 12.1. The highest BCUT2D eigenvalue weighted by molar-refractivity contribution is 7.99. The molecule has 0 bridgehead atoms. The maximum absolute atomic E-state index is 6.18. The summed E-state index contributed by atoms with van der Waals surface area (Å²) in [5.74, 6) is 0.991. The number of aromatic nitrogens is 3. The van der Waals surface area contributed by atoms with Gasteiger partial charge in [0, 0.05) is 22.7 Å². The van der Waals surface area contributed by atoms with Crippen molar-refractivity contribution in [1.82, 2.24) is 14.5 Å². The van der Waals surface area contributed by atoms with Gasteiger partial charge < -0.3 is 4.57 Å². The van der Waals surface area contributed by atoms with Crippen LogP contribution >= 0.6 is 35.0 Å². The fourth-order valence-corrected chi connectivity index (χ4v) is 3.81. The highest BCUT2D eigenvalue weighted by Crippen LogP contribution is 2.30. The van der Waals surface area contributed by atoms with E-state index in [2.05, 4.69) is 21.5 Å². The molecule has 1 aromatic carbocycles. The van der Waals surface area contributed by atoms with E-state index in [0.717, 1.165) is 34.7 Å². The molecule has 0 aliphatic rings. The first kappa shape index (κ1) is 15.7. The molecule has 0 fully saturated rings. The van der Waals surface area contributed by atoms with Crippen molar-refractivity contribution in [3.63, 3.8) is 0 Å². The van der Waals surface area contributed by atoms with E-state index in [1.54, 1.807) is 24.0 Å². The minimum atomic E-state index is 0.670. The number of fused-ring (bicyclic) bond motifs is 1. The van der Waals surface area contributed by atoms with Gasteiger partial charge in [-0.15, -0.1) is 11.8 Å². The van der Waals surface area contributed by atoms with E-state index >= 15 is 0 Å². The Labute approximate surface area is 143 Å². The van der Waals surface area contributed by atoms with Crippen LogP contribution in [0.15, 0.2) is 41.8 Å². The van der Waals surface area contributed by atoms with Crippen molar-refractivity contribution in [1.29, 1.82) is 0 Å². The summed E-state index contributed by atoms with van der Waals surface area (Å²) in [6, 6.07) is 5.62. The van der Waals surface area contributed by atoms with Gasteiger partial charge in [-0.25, -0.2) is 4.98 Å². The van der Waals surface area contributed by atoms with E-state index in [9.17, 15) is 0 Å². The van der Waals surface area contributed by atoms with Gasteiger partial charge in [-0.3, -0.25) is 4.98 Å². The summed E-state index contributed by atoms with van der Waals surface area (Å²) >= 11 is 13.8. The zero-order chi connectivity index (χ0) is 15.5. The fourth-order valence-electron chi connectivity index (χ4n) is 2.38. The Morgan fingerprint density at radius 2 is 2.09 bits per heavy atom. The van der Waals surface area contributed by atoms with Crippen LogP contribution in [-0.2, 0) is 6.54 Å². The first-order valence-electron chi connectivity index (χ1n) is 6.98. The van der Waals surface area contributed by atoms with Crippen LogP contribution < -0.4 is 0 Å². The largest absolute Gasteiger partial charge is 0.330 e. The lowest BCUT2D eigenvalue weighted by Crippen LogP contribution is -1.99. The molecular weight excluding hydrogens is 337 g/mol. The number of aryl methyl sites for hydroxylation is 2. The molecule has 22 heavy (non-hydrogen) atoms. The average molecular weight is 352 g/mol. The molecule has 0 aliphatic heterocycles. The second kappa shape index (κ2) is 6.90. The van der Waals surface area contributed by atoms with Crippen LogP contribution in [0.5, 0.6) is 0 Å². The molecule has 0 unspecified atom stereocenters. The smallest absolute Gasteiger partial charge is 0.107 e. The summed E-state index contributed by atoms with van der Waals surface area (Å²) in [4.78, 5) is 9.64. The number of hydrogen-bond acceptors (Lipinski definition) is 3. The van der Waals surface area contributed by atoms with Crippen molar-refractivity contribution in [2.45, 2.75) is 24.8 Å². The Morgan fingerprint density at radius 1 is 1.23 bits per heavy atom. The number of nitrogens with zero attached hydrogens (tertiary/aromatic N) is 3. The van der Waals surface area contributed by atoms with Crippen LogP contribution in [0.1, 0.15) is 12.0 Å². The number of imidazole rings is 1. The van der Waals surface area contributed by atoms with Gasteiger partial charge in [0.2, 0.25) is 0 Å². The molecular formula is C16H15Cl2N3S. The van der Waals surface area contributed by atoms with Gasteiger partial charge >= 0.3 is 0 Å². The normalized spacial score (nSPS) is 11.2. The van der Waals surface area contributed by atoms with Gasteiger partial charge in [0.1, 0.15) is 5.52 Å². The van der Waals surface area contributed by atoms with Gasteiger partial charge in [-0.05, 0) is 42.9 Å². The van der Waals surface area contributed by atoms with Crippen LogP contribution in [0.2, 0.25) is 10.0 Å². The Hall–Kier alpha value is -1.23. The van der Waals surface area contributed by atoms with E-state index in [4.69, 9.17) is 23.2 Å². The molecule has 0 spiro atoms. The number of rotatable bonds is 5. The monoisotopic (exact) mass is 351 g/mol.